The van der Waals surface area contributed by atoms with Gasteiger partial charge in [-0.2, -0.15) is 12.6 Å². The quantitative estimate of drug-likeness (QED) is 0.444. The Morgan fingerprint density at radius 3 is 2.43 bits per heavy atom. The van der Waals surface area contributed by atoms with Crippen molar-refractivity contribution in [1.29, 1.82) is 0 Å². The van der Waals surface area contributed by atoms with E-state index >= 15 is 0 Å². The summed E-state index contributed by atoms with van der Waals surface area (Å²) < 4.78 is 0. The molecule has 0 aliphatic carbocycles. The van der Waals surface area contributed by atoms with Crippen LogP contribution in [0.2, 0.25) is 0 Å². The summed E-state index contributed by atoms with van der Waals surface area (Å²) in [5, 5.41) is 4.71. The molecule has 0 aromatic heterocycles. The van der Waals surface area contributed by atoms with Crippen LogP contribution in [0.15, 0.2) is 0 Å². The van der Waals surface area contributed by atoms with E-state index in [2.05, 4.69) is 24.9 Å². The van der Waals surface area contributed by atoms with Gasteiger partial charge in [0.05, 0.1) is 0 Å². The van der Waals surface area contributed by atoms with Gasteiger partial charge in [-0.1, -0.05) is 6.92 Å². The van der Waals surface area contributed by atoms with Crippen LogP contribution < -0.4 is 5.32 Å². The predicted molar refractivity (Wildman–Crippen MR) is 33.8 cm³/mol. The summed E-state index contributed by atoms with van der Waals surface area (Å²) in [6.07, 6.45) is 0. The molecule has 0 aromatic rings. The minimum absolute atomic E-state index is 0.542. The van der Waals surface area contributed by atoms with E-state index in [-0.39, 0.29) is 0 Å². The third-order valence-electron chi connectivity index (χ3n) is 1.39. The van der Waals surface area contributed by atoms with E-state index in [0.29, 0.717) is 11.2 Å². The molecule has 2 heteroatoms. The number of hydrogen-bond acceptors (Lipinski definition) is 1. The Morgan fingerprint density at radius 1 is 1.57 bits per heavy atom. The topological polar surface area (TPSA) is 14.1 Å². The van der Waals surface area contributed by atoms with Crippen LogP contribution in [0.4, 0.5) is 0 Å². The van der Waals surface area contributed by atoms with E-state index in [0.717, 1.165) is 13.1 Å². The van der Waals surface area contributed by atoms with Gasteiger partial charge in [0, 0.05) is 18.3 Å². The lowest BCUT2D eigenvalue weighted by Crippen LogP contribution is -2.06. The molecular formula is C5H10NS. The van der Waals surface area contributed by atoms with Crippen molar-refractivity contribution in [2.75, 3.05) is 13.1 Å². The largest absolute Gasteiger partial charge is 0.240 e. The molecular weight excluding hydrogens is 106 g/mol. The molecule has 0 amide bonds. The maximum Gasteiger partial charge on any atom is 0.0253 e. The van der Waals surface area contributed by atoms with Gasteiger partial charge in [-0.05, 0) is 5.92 Å². The van der Waals surface area contributed by atoms with Gasteiger partial charge >= 0.3 is 0 Å². The molecule has 1 fully saturated rings. The molecule has 2 atom stereocenters. The lowest BCUT2D eigenvalue weighted by molar-refractivity contribution is 0.662. The van der Waals surface area contributed by atoms with Gasteiger partial charge in [-0.3, -0.25) is 0 Å². The summed E-state index contributed by atoms with van der Waals surface area (Å²) in [4.78, 5) is 0. The summed E-state index contributed by atoms with van der Waals surface area (Å²) >= 11 is 4.29. The van der Waals surface area contributed by atoms with Crippen molar-refractivity contribution >= 4 is 12.6 Å². The second-order valence-corrected chi connectivity index (χ2v) is 2.80. The van der Waals surface area contributed by atoms with E-state index in [1.165, 1.54) is 0 Å². The Hall–Kier alpha value is 0.310. The monoisotopic (exact) mass is 116 g/mol. The third-order valence-corrected chi connectivity index (χ3v) is 2.06. The summed E-state index contributed by atoms with van der Waals surface area (Å²) in [5.74, 6) is 0.711. The molecule has 0 N–H and O–H groups in total. The molecule has 1 saturated heterocycles. The van der Waals surface area contributed by atoms with Gasteiger partial charge in [-0.15, -0.1) is 0 Å². The van der Waals surface area contributed by atoms with Crippen molar-refractivity contribution in [2.24, 2.45) is 5.92 Å². The SMILES string of the molecule is CC1C[N]CC1S. The van der Waals surface area contributed by atoms with Gasteiger partial charge in [0.1, 0.15) is 0 Å². The van der Waals surface area contributed by atoms with Gasteiger partial charge in [0.2, 0.25) is 0 Å². The first kappa shape index (κ1) is 5.45. The van der Waals surface area contributed by atoms with Crippen LogP contribution in [-0.4, -0.2) is 18.3 Å². The highest BCUT2D eigenvalue weighted by molar-refractivity contribution is 7.81. The third kappa shape index (κ3) is 1.10. The molecule has 0 spiro atoms. The molecule has 0 saturated carbocycles. The average Bonchev–Trinajstić information content (AvgIpc) is 1.91. The second-order valence-electron chi connectivity index (χ2n) is 2.13. The van der Waals surface area contributed by atoms with Crippen molar-refractivity contribution < 1.29 is 0 Å². The van der Waals surface area contributed by atoms with E-state index in [1.54, 1.807) is 0 Å². The Labute approximate surface area is 49.9 Å². The molecule has 0 aromatic carbocycles. The van der Waals surface area contributed by atoms with Gasteiger partial charge in [0.25, 0.3) is 0 Å². The Kier molecular flexibility index (Phi) is 1.60. The number of thiol groups is 1. The summed E-state index contributed by atoms with van der Waals surface area (Å²) in [6, 6.07) is 0. The van der Waals surface area contributed by atoms with E-state index in [9.17, 15) is 0 Å². The molecule has 7 heavy (non-hydrogen) atoms. The van der Waals surface area contributed by atoms with Gasteiger partial charge in [-0.25, -0.2) is 5.32 Å². The minimum Gasteiger partial charge on any atom is -0.240 e. The minimum atomic E-state index is 0.542. The number of nitrogens with zero attached hydrogens (tertiary/aromatic N) is 1. The molecule has 1 aliphatic rings. The first-order chi connectivity index (χ1) is 3.30. The highest BCUT2D eigenvalue weighted by atomic mass is 32.1. The zero-order chi connectivity index (χ0) is 5.28. The van der Waals surface area contributed by atoms with Crippen LogP contribution >= 0.6 is 12.6 Å². The zero-order valence-electron chi connectivity index (χ0n) is 4.46. The highest BCUT2D eigenvalue weighted by Crippen LogP contribution is 2.13. The molecule has 0 bridgehead atoms. The van der Waals surface area contributed by atoms with Crippen molar-refractivity contribution in [3.63, 3.8) is 0 Å². The van der Waals surface area contributed by atoms with Crippen LogP contribution in [-0.2, 0) is 0 Å². The number of rotatable bonds is 0. The van der Waals surface area contributed by atoms with Crippen LogP contribution in [0, 0.1) is 5.92 Å². The Bertz CT molecular complexity index is 57.1. The molecule has 1 nitrogen and oxygen atoms in total. The standard InChI is InChI=1S/C5H10NS/c1-4-2-6-3-5(4)7/h4-5,7H,2-3H2,1H3. The van der Waals surface area contributed by atoms with Gasteiger partial charge in [0.15, 0.2) is 0 Å². The van der Waals surface area contributed by atoms with E-state index < -0.39 is 0 Å². The molecule has 2 unspecified atom stereocenters. The lowest BCUT2D eigenvalue weighted by Gasteiger charge is -2.02. The summed E-state index contributed by atoms with van der Waals surface area (Å²) in [6.45, 7) is 4.17. The fourth-order valence-corrected chi connectivity index (χ4v) is 0.922. The first-order valence-corrected chi connectivity index (χ1v) is 3.13. The van der Waals surface area contributed by atoms with Crippen LogP contribution in [0.3, 0.4) is 0 Å². The van der Waals surface area contributed by atoms with Crippen LogP contribution in [0.25, 0.3) is 0 Å². The normalized spacial score (nSPS) is 42.0. The van der Waals surface area contributed by atoms with Crippen molar-refractivity contribution in [3.05, 3.63) is 0 Å². The van der Waals surface area contributed by atoms with Crippen LogP contribution in [0.1, 0.15) is 6.92 Å². The highest BCUT2D eigenvalue weighted by Gasteiger charge is 2.19. The smallest absolute Gasteiger partial charge is 0.0253 e. The first-order valence-electron chi connectivity index (χ1n) is 2.62. The maximum atomic E-state index is 4.29. The van der Waals surface area contributed by atoms with Crippen molar-refractivity contribution in [3.8, 4) is 0 Å². The van der Waals surface area contributed by atoms with E-state index in [1.807, 2.05) is 0 Å². The fraction of sp³-hybridized carbons (Fsp3) is 1.00. The van der Waals surface area contributed by atoms with Crippen LogP contribution in [0.5, 0.6) is 0 Å². The lowest BCUT2D eigenvalue weighted by atomic mass is 10.2. The molecule has 1 rings (SSSR count). The van der Waals surface area contributed by atoms with Gasteiger partial charge < -0.3 is 0 Å². The maximum absolute atomic E-state index is 4.29. The second kappa shape index (κ2) is 2.05. The average molecular weight is 116 g/mol. The Morgan fingerprint density at radius 2 is 2.29 bits per heavy atom. The fourth-order valence-electron chi connectivity index (χ4n) is 0.712. The summed E-state index contributed by atoms with van der Waals surface area (Å²) in [7, 11) is 0. The molecule has 1 heterocycles. The van der Waals surface area contributed by atoms with Crippen molar-refractivity contribution in [1.82, 2.24) is 5.32 Å². The zero-order valence-corrected chi connectivity index (χ0v) is 5.36. The van der Waals surface area contributed by atoms with Crippen molar-refractivity contribution in [2.45, 2.75) is 12.2 Å². The Balaban J connectivity index is 2.33. The number of hydrogen-bond donors (Lipinski definition) is 1. The molecule has 1 radical (unpaired) electrons. The summed E-state index contributed by atoms with van der Waals surface area (Å²) in [5.41, 5.74) is 0. The molecule has 41 valence electrons. The van der Waals surface area contributed by atoms with E-state index in [4.69, 9.17) is 0 Å². The predicted octanol–water partition coefficient (Wildman–Crippen LogP) is 0.539. The molecule has 1 aliphatic heterocycles.